The van der Waals surface area contributed by atoms with E-state index in [2.05, 4.69) is 48.7 Å². The monoisotopic (exact) mass is 506 g/mol. The van der Waals surface area contributed by atoms with Gasteiger partial charge in [-0.05, 0) is 74.5 Å². The van der Waals surface area contributed by atoms with E-state index in [0.717, 1.165) is 83.9 Å². The average Bonchev–Trinajstić information content (AvgIpc) is 3.21. The van der Waals surface area contributed by atoms with Gasteiger partial charge in [-0.15, -0.1) is 0 Å². The fraction of sp³-hybridized carbons (Fsp3) is 0.355. The van der Waals surface area contributed by atoms with E-state index in [4.69, 9.17) is 10.5 Å². The van der Waals surface area contributed by atoms with Crippen LogP contribution in [0.1, 0.15) is 31.4 Å². The second kappa shape index (κ2) is 10.5. The number of benzene rings is 2. The smallest absolute Gasteiger partial charge is 0.146 e. The minimum atomic E-state index is 0.372. The van der Waals surface area contributed by atoms with Crippen LogP contribution in [-0.4, -0.2) is 51.7 Å². The lowest BCUT2D eigenvalue weighted by Crippen LogP contribution is -2.50. The van der Waals surface area contributed by atoms with Gasteiger partial charge in [0, 0.05) is 37.7 Å². The van der Waals surface area contributed by atoms with Crippen molar-refractivity contribution in [2.45, 2.75) is 37.8 Å². The second-order valence-corrected chi connectivity index (χ2v) is 10.4. The lowest BCUT2D eigenvalue weighted by Gasteiger charge is -2.43. The van der Waals surface area contributed by atoms with Crippen LogP contribution in [-0.2, 0) is 7.05 Å². The highest BCUT2D eigenvalue weighted by atomic mass is 16.5. The molecular weight excluding hydrogens is 472 g/mol. The van der Waals surface area contributed by atoms with Crippen molar-refractivity contribution < 1.29 is 4.74 Å². The van der Waals surface area contributed by atoms with E-state index in [1.165, 1.54) is 0 Å². The highest BCUT2D eigenvalue weighted by molar-refractivity contribution is 6.04. The molecule has 194 valence electrons. The molecular formula is C31H34N6O. The van der Waals surface area contributed by atoms with Crippen molar-refractivity contribution in [3.05, 3.63) is 66.6 Å². The van der Waals surface area contributed by atoms with Gasteiger partial charge in [0.05, 0.1) is 5.39 Å². The highest BCUT2D eigenvalue weighted by Crippen LogP contribution is 2.38. The Balaban J connectivity index is 1.30. The zero-order chi connectivity index (χ0) is 26.1. The van der Waals surface area contributed by atoms with E-state index < -0.39 is 0 Å². The molecule has 3 N–H and O–H groups in total. The summed E-state index contributed by atoms with van der Waals surface area (Å²) in [6.07, 6.45) is 6.09. The van der Waals surface area contributed by atoms with Crippen LogP contribution in [0, 0.1) is 17.8 Å². The topological polar surface area (TPSA) is 81.2 Å². The van der Waals surface area contributed by atoms with E-state index in [0.29, 0.717) is 18.0 Å². The Kier molecular flexibility index (Phi) is 6.75. The summed E-state index contributed by atoms with van der Waals surface area (Å²) < 4.78 is 8.12. The molecule has 2 aliphatic rings. The maximum atomic E-state index is 6.10. The summed E-state index contributed by atoms with van der Waals surface area (Å²) >= 11 is 0. The number of hydrogen-bond acceptors (Lipinski definition) is 6. The summed E-state index contributed by atoms with van der Waals surface area (Å²) in [7, 11) is 3.93. The van der Waals surface area contributed by atoms with Gasteiger partial charge in [0.15, 0.2) is 0 Å². The molecule has 0 radical (unpaired) electrons. The number of nitrogens with one attached hydrogen (secondary N) is 1. The number of para-hydroxylation sites is 1. The van der Waals surface area contributed by atoms with Gasteiger partial charge in [0.25, 0.3) is 0 Å². The minimum absolute atomic E-state index is 0.372. The lowest BCUT2D eigenvalue weighted by atomic mass is 9.79. The molecule has 2 aromatic carbocycles. The van der Waals surface area contributed by atoms with E-state index in [1.807, 2.05) is 56.6 Å². The van der Waals surface area contributed by atoms with E-state index in [-0.39, 0.29) is 0 Å². The maximum absolute atomic E-state index is 6.10. The Morgan fingerprint density at radius 1 is 0.974 bits per heavy atom. The van der Waals surface area contributed by atoms with Gasteiger partial charge >= 0.3 is 0 Å². The van der Waals surface area contributed by atoms with Crippen LogP contribution < -0.4 is 15.8 Å². The molecule has 1 aliphatic carbocycles. The van der Waals surface area contributed by atoms with E-state index >= 15 is 0 Å². The summed E-state index contributed by atoms with van der Waals surface area (Å²) in [5, 5.41) is 4.23. The Labute approximate surface area is 224 Å². The number of fused-ring (bicyclic) bond motifs is 1. The van der Waals surface area contributed by atoms with Crippen molar-refractivity contribution >= 4 is 16.9 Å². The molecule has 38 heavy (non-hydrogen) atoms. The molecule has 0 bridgehead atoms. The van der Waals surface area contributed by atoms with Gasteiger partial charge < -0.3 is 25.3 Å². The molecule has 6 rings (SSSR count). The van der Waals surface area contributed by atoms with Crippen molar-refractivity contribution in [1.82, 2.24) is 19.4 Å². The molecule has 1 saturated carbocycles. The molecule has 0 amide bonds. The fourth-order valence-electron chi connectivity index (χ4n) is 5.64. The van der Waals surface area contributed by atoms with Crippen molar-refractivity contribution in [2.24, 2.45) is 18.7 Å². The number of aromatic nitrogens is 3. The first kappa shape index (κ1) is 24.5. The number of ether oxygens (including phenoxy) is 1. The fourth-order valence-corrected chi connectivity index (χ4v) is 5.64. The van der Waals surface area contributed by atoms with Crippen molar-refractivity contribution in [3.8, 4) is 34.5 Å². The standard InChI is InChI=1S/C31H34N6O/c1-33-30-29-28(22-9-11-26(12-10-22)38-25-6-4-3-5-7-25)27(36(2)31(29)35-20-34-30)13-8-21-18-24(19-21)37-16-14-23(32)15-17-37/h3-7,9-12,20-21,23-24H,14-19,32H2,1-2H3,(H,33,34,35). The molecule has 4 aromatic rings. The highest BCUT2D eigenvalue weighted by Gasteiger charge is 2.34. The SMILES string of the molecule is CNc1ncnc2c1c(-c1ccc(Oc3ccccc3)cc1)c(C#CC1CC(N3CCC(N)CC3)C1)n2C. The molecule has 1 saturated heterocycles. The van der Waals surface area contributed by atoms with Crippen LogP contribution in [0.5, 0.6) is 11.5 Å². The molecule has 1 aliphatic heterocycles. The van der Waals surface area contributed by atoms with Gasteiger partial charge in [-0.25, -0.2) is 9.97 Å². The Morgan fingerprint density at radius 3 is 2.39 bits per heavy atom. The summed E-state index contributed by atoms with van der Waals surface area (Å²) in [5.41, 5.74) is 10.0. The third kappa shape index (κ3) is 4.73. The van der Waals surface area contributed by atoms with Crippen molar-refractivity contribution in [1.29, 1.82) is 0 Å². The zero-order valence-electron chi connectivity index (χ0n) is 22.0. The summed E-state index contributed by atoms with van der Waals surface area (Å²) in [4.78, 5) is 11.7. The van der Waals surface area contributed by atoms with Gasteiger partial charge in [-0.1, -0.05) is 36.3 Å². The normalized spacial score (nSPS) is 20.0. The first-order chi connectivity index (χ1) is 18.6. The van der Waals surface area contributed by atoms with E-state index in [1.54, 1.807) is 6.33 Å². The third-order valence-corrected chi connectivity index (χ3v) is 7.92. The molecule has 7 nitrogen and oxygen atoms in total. The first-order valence-corrected chi connectivity index (χ1v) is 13.5. The number of rotatable bonds is 5. The third-order valence-electron chi connectivity index (χ3n) is 7.92. The predicted molar refractivity (Wildman–Crippen MR) is 152 cm³/mol. The molecule has 0 atom stereocenters. The molecule has 7 heteroatoms. The van der Waals surface area contributed by atoms with Crippen LogP contribution in [0.25, 0.3) is 22.2 Å². The quantitative estimate of drug-likeness (QED) is 0.370. The van der Waals surface area contributed by atoms with Crippen LogP contribution >= 0.6 is 0 Å². The zero-order valence-corrected chi connectivity index (χ0v) is 22.0. The molecule has 2 aromatic heterocycles. The summed E-state index contributed by atoms with van der Waals surface area (Å²) in [6.45, 7) is 2.24. The number of anilines is 1. The molecule has 0 unspecified atom stereocenters. The van der Waals surface area contributed by atoms with Crippen LogP contribution in [0.2, 0.25) is 0 Å². The first-order valence-electron chi connectivity index (χ1n) is 13.5. The maximum Gasteiger partial charge on any atom is 0.146 e. The second-order valence-electron chi connectivity index (χ2n) is 10.4. The van der Waals surface area contributed by atoms with Gasteiger partial charge in [0.2, 0.25) is 0 Å². The van der Waals surface area contributed by atoms with Crippen molar-refractivity contribution in [2.75, 3.05) is 25.5 Å². The number of aryl methyl sites for hydroxylation is 1. The van der Waals surface area contributed by atoms with Crippen LogP contribution in [0.15, 0.2) is 60.9 Å². The van der Waals surface area contributed by atoms with Crippen molar-refractivity contribution in [3.63, 3.8) is 0 Å². The Morgan fingerprint density at radius 2 is 1.68 bits per heavy atom. The van der Waals surface area contributed by atoms with E-state index in [9.17, 15) is 0 Å². The van der Waals surface area contributed by atoms with Gasteiger partial charge in [-0.2, -0.15) is 0 Å². The summed E-state index contributed by atoms with van der Waals surface area (Å²) in [6, 6.07) is 19.0. The molecule has 2 fully saturated rings. The number of nitrogens with zero attached hydrogens (tertiary/aromatic N) is 4. The van der Waals surface area contributed by atoms with Gasteiger partial charge in [0.1, 0.15) is 35.0 Å². The number of piperidine rings is 1. The van der Waals surface area contributed by atoms with Crippen LogP contribution in [0.3, 0.4) is 0 Å². The van der Waals surface area contributed by atoms with Gasteiger partial charge in [-0.3, -0.25) is 0 Å². The Bertz CT molecular complexity index is 1470. The minimum Gasteiger partial charge on any atom is -0.457 e. The lowest BCUT2D eigenvalue weighted by molar-refractivity contribution is 0.0770. The number of likely N-dealkylation sites (tertiary alicyclic amines) is 1. The largest absolute Gasteiger partial charge is 0.457 e. The predicted octanol–water partition coefficient (Wildman–Crippen LogP) is 5.02. The summed E-state index contributed by atoms with van der Waals surface area (Å²) in [5.74, 6) is 9.96. The molecule has 0 spiro atoms. The Hall–Kier alpha value is -3.86. The number of nitrogens with two attached hydrogens (primary N) is 1. The molecule has 3 heterocycles. The number of hydrogen-bond donors (Lipinski definition) is 2. The van der Waals surface area contributed by atoms with Crippen LogP contribution in [0.4, 0.5) is 5.82 Å². The average molecular weight is 507 g/mol.